The molecule has 3 aromatic rings. The van der Waals surface area contributed by atoms with Gasteiger partial charge in [0.2, 0.25) is 5.91 Å². The molecule has 2 heterocycles. The molecule has 0 fully saturated rings. The third kappa shape index (κ3) is 4.55. The Morgan fingerprint density at radius 1 is 1.16 bits per heavy atom. The van der Waals surface area contributed by atoms with E-state index in [1.54, 1.807) is 37.4 Å². The predicted octanol–water partition coefficient (Wildman–Crippen LogP) is 5.18. The van der Waals surface area contributed by atoms with Gasteiger partial charge in [0, 0.05) is 33.4 Å². The van der Waals surface area contributed by atoms with Crippen LogP contribution in [-0.4, -0.2) is 28.7 Å². The molecule has 1 aromatic heterocycles. The minimum absolute atomic E-state index is 0.119. The molecule has 4 rings (SSSR count). The van der Waals surface area contributed by atoms with E-state index in [0.29, 0.717) is 37.8 Å². The van der Waals surface area contributed by atoms with E-state index in [1.165, 1.54) is 4.68 Å². The lowest BCUT2D eigenvalue weighted by Gasteiger charge is -2.11. The molecular formula is C21H17Cl3N4O3. The number of carbonyl (C=O) groups excluding carboxylic acids is 2. The lowest BCUT2D eigenvalue weighted by Crippen LogP contribution is -2.24. The van der Waals surface area contributed by atoms with Gasteiger partial charge in [-0.2, -0.15) is 5.10 Å². The molecule has 2 aromatic carbocycles. The maximum Gasteiger partial charge on any atom is 0.251 e. The highest BCUT2D eigenvalue weighted by Crippen LogP contribution is 2.39. The number of halogens is 3. The van der Waals surface area contributed by atoms with Crippen molar-refractivity contribution in [3.63, 3.8) is 0 Å². The van der Waals surface area contributed by atoms with Crippen LogP contribution < -0.4 is 10.6 Å². The number of benzene rings is 2. The molecule has 0 bridgehead atoms. The Labute approximate surface area is 193 Å². The quantitative estimate of drug-likeness (QED) is 0.510. The lowest BCUT2D eigenvalue weighted by molar-refractivity contribution is -0.123. The minimum atomic E-state index is -0.812. The standard InChI is InChI=1S/C21H17Cl3N4O3/c1-31-10-16-19(11-3-2-4-12(22)5-11)20-26-21(30)17(28(20)27-16)9-18(29)25-15-7-13(23)6-14(24)8-15/h2-8,17H,9-10H2,1H3,(H,25,29)(H,26,30). The fourth-order valence-electron chi connectivity index (χ4n) is 3.52. The van der Waals surface area contributed by atoms with E-state index in [2.05, 4.69) is 15.7 Å². The summed E-state index contributed by atoms with van der Waals surface area (Å²) in [7, 11) is 1.56. The molecule has 0 spiro atoms. The topological polar surface area (TPSA) is 85.2 Å². The molecule has 2 amide bonds. The van der Waals surface area contributed by atoms with Crippen LogP contribution in [0.15, 0.2) is 42.5 Å². The van der Waals surface area contributed by atoms with Crippen LogP contribution in [-0.2, 0) is 20.9 Å². The number of anilines is 2. The summed E-state index contributed by atoms with van der Waals surface area (Å²) in [5.41, 5.74) is 2.58. The van der Waals surface area contributed by atoms with Crippen molar-refractivity contribution in [2.45, 2.75) is 19.1 Å². The van der Waals surface area contributed by atoms with Gasteiger partial charge < -0.3 is 15.4 Å². The van der Waals surface area contributed by atoms with Gasteiger partial charge in [-0.3, -0.25) is 9.59 Å². The predicted molar refractivity (Wildman–Crippen MR) is 121 cm³/mol. The van der Waals surface area contributed by atoms with Crippen LogP contribution in [0.1, 0.15) is 18.2 Å². The van der Waals surface area contributed by atoms with Crippen LogP contribution in [0.2, 0.25) is 15.1 Å². The van der Waals surface area contributed by atoms with Gasteiger partial charge >= 0.3 is 0 Å². The third-order valence-corrected chi connectivity index (χ3v) is 5.41. The summed E-state index contributed by atoms with van der Waals surface area (Å²) in [5.74, 6) is -0.198. The molecule has 1 unspecified atom stereocenters. The molecule has 1 atom stereocenters. The van der Waals surface area contributed by atoms with Crippen molar-refractivity contribution in [3.8, 4) is 11.1 Å². The highest BCUT2D eigenvalue weighted by molar-refractivity contribution is 6.35. The first-order valence-electron chi connectivity index (χ1n) is 9.28. The number of nitrogens with zero attached hydrogens (tertiary/aromatic N) is 2. The van der Waals surface area contributed by atoms with Crippen molar-refractivity contribution in [1.29, 1.82) is 0 Å². The summed E-state index contributed by atoms with van der Waals surface area (Å²) >= 11 is 18.1. The van der Waals surface area contributed by atoms with E-state index in [0.717, 1.165) is 5.56 Å². The van der Waals surface area contributed by atoms with Crippen LogP contribution >= 0.6 is 34.8 Å². The number of aromatic nitrogens is 2. The number of methoxy groups -OCH3 is 1. The normalized spacial score (nSPS) is 15.0. The molecule has 10 heteroatoms. The fraction of sp³-hybridized carbons (Fsp3) is 0.190. The number of ether oxygens (including phenoxy) is 1. The third-order valence-electron chi connectivity index (χ3n) is 4.74. The van der Waals surface area contributed by atoms with Crippen LogP contribution in [0.5, 0.6) is 0 Å². The smallest absolute Gasteiger partial charge is 0.251 e. The second-order valence-corrected chi connectivity index (χ2v) is 8.28. The van der Waals surface area contributed by atoms with Gasteiger partial charge in [-0.1, -0.05) is 46.9 Å². The van der Waals surface area contributed by atoms with Crippen molar-refractivity contribution in [3.05, 3.63) is 63.2 Å². The van der Waals surface area contributed by atoms with Crippen molar-refractivity contribution >= 4 is 58.1 Å². The molecule has 0 saturated heterocycles. The Morgan fingerprint density at radius 2 is 1.90 bits per heavy atom. The maximum atomic E-state index is 12.7. The average Bonchev–Trinajstić information content (AvgIpc) is 3.16. The molecule has 0 saturated carbocycles. The summed E-state index contributed by atoms with van der Waals surface area (Å²) < 4.78 is 6.80. The largest absolute Gasteiger partial charge is 0.378 e. The number of hydrogen-bond donors (Lipinski definition) is 2. The van der Waals surface area contributed by atoms with Gasteiger partial charge in [0.25, 0.3) is 5.91 Å². The summed E-state index contributed by atoms with van der Waals surface area (Å²) in [5, 5.41) is 11.5. The average molecular weight is 480 g/mol. The second kappa shape index (κ2) is 8.88. The Morgan fingerprint density at radius 3 is 2.58 bits per heavy atom. The summed E-state index contributed by atoms with van der Waals surface area (Å²) in [6.45, 7) is 0.234. The molecule has 160 valence electrons. The SMILES string of the molecule is COCc1nn2c(c1-c1cccc(Cl)c1)NC(=O)C2CC(=O)Nc1cc(Cl)cc(Cl)c1. The van der Waals surface area contributed by atoms with E-state index >= 15 is 0 Å². The molecular weight excluding hydrogens is 463 g/mol. The molecule has 7 nitrogen and oxygen atoms in total. The molecule has 1 aliphatic rings. The number of fused-ring (bicyclic) bond motifs is 1. The highest BCUT2D eigenvalue weighted by atomic mass is 35.5. The second-order valence-electron chi connectivity index (χ2n) is 6.97. The van der Waals surface area contributed by atoms with Gasteiger partial charge in [0.1, 0.15) is 11.9 Å². The highest BCUT2D eigenvalue weighted by Gasteiger charge is 2.37. The van der Waals surface area contributed by atoms with Crippen molar-refractivity contribution < 1.29 is 14.3 Å². The fourth-order valence-corrected chi connectivity index (χ4v) is 4.23. The molecule has 0 aliphatic carbocycles. The Balaban J connectivity index is 1.63. The Kier molecular flexibility index (Phi) is 6.20. The maximum absolute atomic E-state index is 12.7. The number of carbonyl (C=O) groups is 2. The minimum Gasteiger partial charge on any atom is -0.378 e. The first-order valence-corrected chi connectivity index (χ1v) is 10.4. The van der Waals surface area contributed by atoms with Crippen molar-refractivity contribution in [2.75, 3.05) is 17.7 Å². The molecule has 2 N–H and O–H groups in total. The summed E-state index contributed by atoms with van der Waals surface area (Å²) in [6.07, 6.45) is -0.119. The number of rotatable bonds is 6. The lowest BCUT2D eigenvalue weighted by atomic mass is 10.1. The number of hydrogen-bond acceptors (Lipinski definition) is 4. The summed E-state index contributed by atoms with van der Waals surface area (Å²) in [6, 6.07) is 11.1. The Bertz CT molecular complexity index is 1160. The van der Waals surface area contributed by atoms with Gasteiger partial charge in [0.05, 0.1) is 18.7 Å². The number of nitrogens with one attached hydrogen (secondary N) is 2. The Hall–Kier alpha value is -2.58. The van der Waals surface area contributed by atoms with E-state index in [1.807, 2.05) is 12.1 Å². The monoisotopic (exact) mass is 478 g/mol. The first-order chi connectivity index (χ1) is 14.9. The van der Waals surface area contributed by atoms with Gasteiger partial charge in [-0.05, 0) is 35.9 Å². The van der Waals surface area contributed by atoms with Gasteiger partial charge in [-0.25, -0.2) is 4.68 Å². The van der Waals surface area contributed by atoms with Crippen LogP contribution in [0.4, 0.5) is 11.5 Å². The van der Waals surface area contributed by atoms with E-state index in [-0.39, 0.29) is 24.8 Å². The van der Waals surface area contributed by atoms with E-state index in [9.17, 15) is 9.59 Å². The van der Waals surface area contributed by atoms with Crippen LogP contribution in [0.25, 0.3) is 11.1 Å². The molecule has 31 heavy (non-hydrogen) atoms. The van der Waals surface area contributed by atoms with Crippen LogP contribution in [0.3, 0.4) is 0 Å². The van der Waals surface area contributed by atoms with Crippen molar-refractivity contribution in [2.24, 2.45) is 0 Å². The molecule has 0 radical (unpaired) electrons. The summed E-state index contributed by atoms with van der Waals surface area (Å²) in [4.78, 5) is 25.3. The first kappa shape index (κ1) is 21.6. The molecule has 1 aliphatic heterocycles. The zero-order valence-electron chi connectivity index (χ0n) is 16.3. The van der Waals surface area contributed by atoms with Gasteiger partial charge in [0.15, 0.2) is 0 Å². The van der Waals surface area contributed by atoms with Crippen LogP contribution in [0, 0.1) is 0 Å². The number of amides is 2. The zero-order valence-corrected chi connectivity index (χ0v) is 18.6. The zero-order chi connectivity index (χ0) is 22.1. The van der Waals surface area contributed by atoms with E-state index < -0.39 is 6.04 Å². The van der Waals surface area contributed by atoms with E-state index in [4.69, 9.17) is 39.5 Å². The van der Waals surface area contributed by atoms with Gasteiger partial charge in [-0.15, -0.1) is 0 Å². The van der Waals surface area contributed by atoms with Crippen molar-refractivity contribution in [1.82, 2.24) is 9.78 Å².